The summed E-state index contributed by atoms with van der Waals surface area (Å²) in [5, 5.41) is 0. The second-order valence-corrected chi connectivity index (χ2v) is 10.8. The topological polar surface area (TPSA) is 46.6 Å². The molecule has 3 rings (SSSR count). The fourth-order valence-electron chi connectivity index (χ4n) is 3.53. The molecular weight excluding hydrogens is 382 g/mol. The van der Waals surface area contributed by atoms with Crippen molar-refractivity contribution >= 4 is 15.9 Å². The Morgan fingerprint density at radius 3 is 2.41 bits per heavy atom. The molecule has 1 aliphatic heterocycles. The second kappa shape index (κ2) is 8.33. The van der Waals surface area contributed by atoms with Gasteiger partial charge in [-0.3, -0.25) is 4.90 Å². The minimum atomic E-state index is -3.39. The summed E-state index contributed by atoms with van der Waals surface area (Å²) in [6, 6.07) is 13.2. The highest BCUT2D eigenvalue weighted by molar-refractivity contribution is 7.91. The van der Waals surface area contributed by atoms with Crippen LogP contribution in [0.4, 0.5) is 0 Å². The van der Waals surface area contributed by atoms with Gasteiger partial charge in [-0.2, -0.15) is 0 Å². The summed E-state index contributed by atoms with van der Waals surface area (Å²) in [6.45, 7) is 11.5. The molecule has 0 unspecified atom stereocenters. The SMILES string of the molecule is Cc1ccc(S(=O)(=O)CN(Cc2ccc3c(c2)C=CC(C)(C)O3)CC(C)C)cc1. The predicted octanol–water partition coefficient (Wildman–Crippen LogP) is 5.07. The summed E-state index contributed by atoms with van der Waals surface area (Å²) < 4.78 is 31.9. The molecule has 29 heavy (non-hydrogen) atoms. The first-order valence-electron chi connectivity index (χ1n) is 10.1. The van der Waals surface area contributed by atoms with Crippen LogP contribution in [0.1, 0.15) is 44.4 Å². The number of hydrogen-bond donors (Lipinski definition) is 0. The van der Waals surface area contributed by atoms with Gasteiger partial charge in [0.15, 0.2) is 9.84 Å². The normalized spacial score (nSPS) is 15.4. The molecule has 1 heterocycles. The van der Waals surface area contributed by atoms with Gasteiger partial charge in [0.1, 0.15) is 17.2 Å². The van der Waals surface area contributed by atoms with E-state index in [-0.39, 0.29) is 11.5 Å². The van der Waals surface area contributed by atoms with E-state index in [0.29, 0.717) is 23.9 Å². The van der Waals surface area contributed by atoms with Crippen LogP contribution in [0.5, 0.6) is 5.75 Å². The third kappa shape index (κ3) is 5.71. The van der Waals surface area contributed by atoms with Crippen molar-refractivity contribution in [2.45, 2.75) is 51.7 Å². The van der Waals surface area contributed by atoms with Crippen LogP contribution in [0.15, 0.2) is 53.4 Å². The third-order valence-electron chi connectivity index (χ3n) is 4.87. The van der Waals surface area contributed by atoms with E-state index in [1.54, 1.807) is 12.1 Å². The Labute approximate surface area is 175 Å². The molecule has 0 radical (unpaired) electrons. The van der Waals surface area contributed by atoms with E-state index in [9.17, 15) is 8.42 Å². The Morgan fingerprint density at radius 1 is 1.07 bits per heavy atom. The molecule has 0 saturated heterocycles. The van der Waals surface area contributed by atoms with Gasteiger partial charge in [-0.1, -0.05) is 43.7 Å². The van der Waals surface area contributed by atoms with Gasteiger partial charge in [0.05, 0.1) is 4.90 Å². The molecule has 4 nitrogen and oxygen atoms in total. The van der Waals surface area contributed by atoms with Crippen molar-refractivity contribution in [3.63, 3.8) is 0 Å². The fraction of sp³-hybridized carbons (Fsp3) is 0.417. The largest absolute Gasteiger partial charge is 0.483 e. The smallest absolute Gasteiger partial charge is 0.191 e. The first kappa shape index (κ1) is 21.6. The minimum Gasteiger partial charge on any atom is -0.483 e. The lowest BCUT2D eigenvalue weighted by Crippen LogP contribution is -2.33. The minimum absolute atomic E-state index is 0.00466. The molecule has 0 aliphatic carbocycles. The number of benzene rings is 2. The lowest BCUT2D eigenvalue weighted by atomic mass is 10.0. The van der Waals surface area contributed by atoms with Crippen molar-refractivity contribution < 1.29 is 13.2 Å². The maximum Gasteiger partial charge on any atom is 0.191 e. The van der Waals surface area contributed by atoms with Gasteiger partial charge in [0.25, 0.3) is 0 Å². The first-order valence-corrected chi connectivity index (χ1v) is 11.7. The van der Waals surface area contributed by atoms with E-state index in [4.69, 9.17) is 4.74 Å². The molecule has 0 amide bonds. The van der Waals surface area contributed by atoms with Crippen LogP contribution in [-0.2, 0) is 16.4 Å². The van der Waals surface area contributed by atoms with Crippen molar-refractivity contribution in [3.05, 3.63) is 65.2 Å². The first-order chi connectivity index (χ1) is 13.5. The quantitative estimate of drug-likeness (QED) is 0.636. The molecule has 5 heteroatoms. The van der Waals surface area contributed by atoms with Gasteiger partial charge in [-0.15, -0.1) is 0 Å². The standard InChI is InChI=1S/C24H31NO3S/c1-18(2)15-25(17-29(26,27)22-9-6-19(3)7-10-22)16-20-8-11-23-21(14-20)12-13-24(4,5)28-23/h6-14,18H,15-17H2,1-5H3. The van der Waals surface area contributed by atoms with Crippen LogP contribution >= 0.6 is 0 Å². The van der Waals surface area contributed by atoms with E-state index >= 15 is 0 Å². The molecule has 0 saturated carbocycles. The fourth-order valence-corrected chi connectivity index (χ4v) is 4.90. The summed E-state index contributed by atoms with van der Waals surface area (Å²) in [6.07, 6.45) is 4.13. The predicted molar refractivity (Wildman–Crippen MR) is 119 cm³/mol. The zero-order chi connectivity index (χ0) is 21.2. The van der Waals surface area contributed by atoms with Crippen molar-refractivity contribution in [2.75, 3.05) is 12.4 Å². The molecule has 0 N–H and O–H groups in total. The highest BCUT2D eigenvalue weighted by Crippen LogP contribution is 2.31. The van der Waals surface area contributed by atoms with Gasteiger partial charge >= 0.3 is 0 Å². The number of sulfone groups is 1. The van der Waals surface area contributed by atoms with E-state index in [0.717, 1.165) is 22.4 Å². The molecule has 156 valence electrons. The van der Waals surface area contributed by atoms with Gasteiger partial charge < -0.3 is 4.74 Å². The van der Waals surface area contributed by atoms with Crippen molar-refractivity contribution in [3.8, 4) is 5.75 Å². The molecule has 2 aromatic carbocycles. The van der Waals surface area contributed by atoms with E-state index in [1.165, 1.54) is 0 Å². The molecular formula is C24H31NO3S. The molecule has 0 fully saturated rings. The number of nitrogens with zero attached hydrogens (tertiary/aromatic N) is 1. The highest BCUT2D eigenvalue weighted by atomic mass is 32.2. The molecule has 0 aromatic heterocycles. The number of aryl methyl sites for hydroxylation is 1. The summed E-state index contributed by atoms with van der Waals surface area (Å²) in [4.78, 5) is 2.39. The van der Waals surface area contributed by atoms with Gasteiger partial charge in [0, 0.05) is 18.7 Å². The lowest BCUT2D eigenvalue weighted by molar-refractivity contribution is 0.159. The zero-order valence-electron chi connectivity index (χ0n) is 18.0. The van der Waals surface area contributed by atoms with Gasteiger partial charge in [0.2, 0.25) is 0 Å². The van der Waals surface area contributed by atoms with Gasteiger partial charge in [-0.25, -0.2) is 8.42 Å². The van der Waals surface area contributed by atoms with Crippen LogP contribution in [0.3, 0.4) is 0 Å². The molecule has 0 bridgehead atoms. The van der Waals surface area contributed by atoms with E-state index < -0.39 is 9.84 Å². The maximum atomic E-state index is 13.0. The molecule has 0 atom stereocenters. The van der Waals surface area contributed by atoms with Crippen LogP contribution < -0.4 is 4.74 Å². The van der Waals surface area contributed by atoms with Gasteiger partial charge in [-0.05, 0) is 62.6 Å². The zero-order valence-corrected chi connectivity index (χ0v) is 18.8. The summed E-state index contributed by atoms with van der Waals surface area (Å²) in [5.41, 5.74) is 2.86. The molecule has 1 aliphatic rings. The number of fused-ring (bicyclic) bond motifs is 1. The number of rotatable bonds is 7. The second-order valence-electron chi connectivity index (χ2n) is 8.87. The van der Waals surface area contributed by atoms with E-state index in [2.05, 4.69) is 26.0 Å². The molecule has 0 spiro atoms. The Kier molecular flexibility index (Phi) is 6.20. The Hall–Kier alpha value is -2.11. The molecule has 2 aromatic rings. The van der Waals surface area contributed by atoms with Crippen LogP contribution in [0.25, 0.3) is 6.08 Å². The Balaban J connectivity index is 1.80. The highest BCUT2D eigenvalue weighted by Gasteiger charge is 2.23. The lowest BCUT2D eigenvalue weighted by Gasteiger charge is -2.29. The summed E-state index contributed by atoms with van der Waals surface area (Å²) in [5.74, 6) is 1.24. The maximum absolute atomic E-state index is 13.0. The summed E-state index contributed by atoms with van der Waals surface area (Å²) >= 11 is 0. The third-order valence-corrected chi connectivity index (χ3v) is 6.57. The van der Waals surface area contributed by atoms with Crippen LogP contribution in [0, 0.1) is 12.8 Å². The van der Waals surface area contributed by atoms with Crippen molar-refractivity contribution in [1.82, 2.24) is 4.90 Å². The number of hydrogen-bond acceptors (Lipinski definition) is 4. The Bertz CT molecular complexity index is 989. The average Bonchev–Trinajstić information content (AvgIpc) is 2.61. The monoisotopic (exact) mass is 413 g/mol. The van der Waals surface area contributed by atoms with Crippen molar-refractivity contribution in [2.24, 2.45) is 5.92 Å². The van der Waals surface area contributed by atoms with Crippen molar-refractivity contribution in [1.29, 1.82) is 0 Å². The number of ether oxygens (including phenoxy) is 1. The average molecular weight is 414 g/mol. The van der Waals surface area contributed by atoms with Crippen LogP contribution in [0.2, 0.25) is 0 Å². The Morgan fingerprint density at radius 2 is 1.76 bits per heavy atom. The van der Waals surface area contributed by atoms with Crippen LogP contribution in [-0.4, -0.2) is 31.3 Å². The summed E-state index contributed by atoms with van der Waals surface area (Å²) in [7, 11) is -3.39. The van der Waals surface area contributed by atoms with E-state index in [1.807, 2.05) is 56.0 Å².